The van der Waals surface area contributed by atoms with Gasteiger partial charge in [0.15, 0.2) is 0 Å². The van der Waals surface area contributed by atoms with Crippen LogP contribution in [0.15, 0.2) is 35.7 Å². The topological polar surface area (TPSA) is 55.1 Å². The first-order valence-electron chi connectivity index (χ1n) is 5.78. The zero-order valence-corrected chi connectivity index (χ0v) is 11.3. The Hall–Kier alpha value is -1.81. The summed E-state index contributed by atoms with van der Waals surface area (Å²) in [6, 6.07) is 9.35. The largest absolute Gasteiger partial charge is 0.399 e. The Labute approximate surface area is 111 Å². The summed E-state index contributed by atoms with van der Waals surface area (Å²) >= 11 is 1.64. The van der Waals surface area contributed by atoms with Crippen LogP contribution in [-0.4, -0.2) is 5.91 Å². The van der Waals surface area contributed by atoms with Crippen molar-refractivity contribution in [2.75, 3.05) is 5.73 Å². The van der Waals surface area contributed by atoms with Crippen LogP contribution in [-0.2, 0) is 0 Å². The average Bonchev–Trinajstić information content (AvgIpc) is 2.86. The second-order valence-corrected chi connectivity index (χ2v) is 5.26. The summed E-state index contributed by atoms with van der Waals surface area (Å²) in [5.74, 6) is -0.0704. The van der Waals surface area contributed by atoms with Crippen molar-refractivity contribution in [1.82, 2.24) is 5.32 Å². The molecule has 3 nitrogen and oxygen atoms in total. The molecule has 3 N–H and O–H groups in total. The lowest BCUT2D eigenvalue weighted by molar-refractivity contribution is 0.0940. The third-order valence-corrected chi connectivity index (χ3v) is 3.90. The van der Waals surface area contributed by atoms with E-state index in [2.05, 4.69) is 5.32 Å². The normalized spacial score (nSPS) is 12.1. The van der Waals surface area contributed by atoms with E-state index in [4.69, 9.17) is 5.73 Å². The third-order valence-electron chi connectivity index (χ3n) is 2.85. The molecule has 1 atom stereocenters. The van der Waals surface area contributed by atoms with Crippen molar-refractivity contribution in [3.8, 4) is 0 Å². The number of benzene rings is 1. The number of carbonyl (C=O) groups is 1. The minimum atomic E-state index is -0.0704. The van der Waals surface area contributed by atoms with Gasteiger partial charge in [-0.05, 0) is 49.1 Å². The Balaban J connectivity index is 2.10. The van der Waals surface area contributed by atoms with Crippen molar-refractivity contribution >= 4 is 22.9 Å². The van der Waals surface area contributed by atoms with Gasteiger partial charge in [0, 0.05) is 16.1 Å². The molecule has 94 valence electrons. The van der Waals surface area contributed by atoms with Gasteiger partial charge in [0.25, 0.3) is 5.91 Å². The molecule has 0 aliphatic heterocycles. The highest BCUT2D eigenvalue weighted by Crippen LogP contribution is 2.19. The number of hydrogen-bond donors (Lipinski definition) is 2. The third kappa shape index (κ3) is 2.71. The zero-order chi connectivity index (χ0) is 13.1. The Morgan fingerprint density at radius 2 is 2.17 bits per heavy atom. The maximum Gasteiger partial charge on any atom is 0.251 e. The Bertz CT molecular complexity index is 549. The van der Waals surface area contributed by atoms with Crippen LogP contribution in [0.5, 0.6) is 0 Å². The van der Waals surface area contributed by atoms with E-state index in [1.807, 2.05) is 37.4 Å². The number of hydrogen-bond acceptors (Lipinski definition) is 3. The van der Waals surface area contributed by atoms with Gasteiger partial charge in [0.05, 0.1) is 6.04 Å². The van der Waals surface area contributed by atoms with Crippen LogP contribution in [0.1, 0.15) is 33.8 Å². The summed E-state index contributed by atoms with van der Waals surface area (Å²) in [4.78, 5) is 13.2. The quantitative estimate of drug-likeness (QED) is 0.833. The fourth-order valence-corrected chi connectivity index (χ4v) is 2.44. The van der Waals surface area contributed by atoms with Crippen LogP contribution < -0.4 is 11.1 Å². The van der Waals surface area contributed by atoms with Gasteiger partial charge in [0.2, 0.25) is 0 Å². The highest BCUT2D eigenvalue weighted by Gasteiger charge is 2.12. The number of nitrogens with two attached hydrogens (primary N) is 1. The standard InChI is InChI=1S/C14H16N2OS/c1-9-8-11(5-6-12(9)15)14(17)16-10(2)13-4-3-7-18-13/h3-8,10H,15H2,1-2H3,(H,16,17)/t10-/m0/s1. The first-order chi connectivity index (χ1) is 8.58. The molecule has 0 unspecified atom stereocenters. The molecule has 0 saturated heterocycles. The molecule has 1 aromatic carbocycles. The molecule has 0 saturated carbocycles. The summed E-state index contributed by atoms with van der Waals surface area (Å²) in [5, 5.41) is 4.98. The first kappa shape index (κ1) is 12.6. The van der Waals surface area contributed by atoms with Crippen LogP contribution in [0.2, 0.25) is 0 Å². The van der Waals surface area contributed by atoms with E-state index >= 15 is 0 Å². The van der Waals surface area contributed by atoms with Crippen molar-refractivity contribution in [2.45, 2.75) is 19.9 Å². The van der Waals surface area contributed by atoms with Gasteiger partial charge in [-0.25, -0.2) is 0 Å². The van der Waals surface area contributed by atoms with E-state index in [0.29, 0.717) is 11.3 Å². The van der Waals surface area contributed by atoms with E-state index < -0.39 is 0 Å². The summed E-state index contributed by atoms with van der Waals surface area (Å²) in [7, 11) is 0. The van der Waals surface area contributed by atoms with Crippen LogP contribution >= 0.6 is 11.3 Å². The lowest BCUT2D eigenvalue weighted by atomic mass is 10.1. The van der Waals surface area contributed by atoms with Crippen molar-refractivity contribution in [2.24, 2.45) is 0 Å². The van der Waals surface area contributed by atoms with Gasteiger partial charge < -0.3 is 11.1 Å². The zero-order valence-electron chi connectivity index (χ0n) is 10.4. The molecule has 2 rings (SSSR count). The summed E-state index contributed by atoms with van der Waals surface area (Å²) in [5.41, 5.74) is 8.01. The highest BCUT2D eigenvalue weighted by molar-refractivity contribution is 7.10. The maximum absolute atomic E-state index is 12.1. The minimum absolute atomic E-state index is 0.0235. The van der Waals surface area contributed by atoms with Crippen LogP contribution in [0.25, 0.3) is 0 Å². The predicted octanol–water partition coefficient (Wildman–Crippen LogP) is 3.13. The molecule has 1 amide bonds. The number of amides is 1. The van der Waals surface area contributed by atoms with Crippen LogP contribution in [0.4, 0.5) is 5.69 Å². The molecule has 0 aliphatic carbocycles. The van der Waals surface area contributed by atoms with E-state index in [9.17, 15) is 4.79 Å². The molecule has 18 heavy (non-hydrogen) atoms. The van der Waals surface area contributed by atoms with E-state index in [1.54, 1.807) is 23.5 Å². The minimum Gasteiger partial charge on any atom is -0.399 e. The fourth-order valence-electron chi connectivity index (χ4n) is 1.71. The summed E-state index contributed by atoms with van der Waals surface area (Å²) < 4.78 is 0. The first-order valence-corrected chi connectivity index (χ1v) is 6.66. The molecule has 1 aromatic heterocycles. The lowest BCUT2D eigenvalue weighted by Crippen LogP contribution is -2.26. The van der Waals surface area contributed by atoms with Gasteiger partial charge in [-0.2, -0.15) is 0 Å². The fraction of sp³-hybridized carbons (Fsp3) is 0.214. The number of aryl methyl sites for hydroxylation is 1. The second kappa shape index (κ2) is 5.23. The van der Waals surface area contributed by atoms with Gasteiger partial charge >= 0.3 is 0 Å². The molecular formula is C14H16N2OS. The smallest absolute Gasteiger partial charge is 0.251 e. The highest BCUT2D eigenvalue weighted by atomic mass is 32.1. The molecule has 0 aliphatic rings. The summed E-state index contributed by atoms with van der Waals surface area (Å²) in [6.45, 7) is 3.88. The predicted molar refractivity (Wildman–Crippen MR) is 75.8 cm³/mol. The van der Waals surface area contributed by atoms with Gasteiger partial charge in [-0.15, -0.1) is 11.3 Å². The maximum atomic E-state index is 12.1. The Morgan fingerprint density at radius 1 is 1.39 bits per heavy atom. The van der Waals surface area contributed by atoms with Gasteiger partial charge in [0.1, 0.15) is 0 Å². The van der Waals surface area contributed by atoms with Crippen molar-refractivity contribution in [3.05, 3.63) is 51.7 Å². The summed E-state index contributed by atoms with van der Waals surface area (Å²) in [6.07, 6.45) is 0. The molecule has 2 aromatic rings. The van der Waals surface area contributed by atoms with E-state index in [0.717, 1.165) is 10.4 Å². The van der Waals surface area contributed by atoms with Crippen LogP contribution in [0, 0.1) is 6.92 Å². The molecule has 0 bridgehead atoms. The van der Waals surface area contributed by atoms with Crippen LogP contribution in [0.3, 0.4) is 0 Å². The van der Waals surface area contributed by atoms with E-state index in [1.165, 1.54) is 0 Å². The van der Waals surface area contributed by atoms with Gasteiger partial charge in [-0.3, -0.25) is 4.79 Å². The Morgan fingerprint density at radius 3 is 2.78 bits per heavy atom. The van der Waals surface area contributed by atoms with E-state index in [-0.39, 0.29) is 11.9 Å². The van der Waals surface area contributed by atoms with Crippen molar-refractivity contribution in [1.29, 1.82) is 0 Å². The van der Waals surface area contributed by atoms with Gasteiger partial charge in [-0.1, -0.05) is 6.07 Å². The number of thiophene rings is 1. The molecule has 1 heterocycles. The average molecular weight is 260 g/mol. The number of rotatable bonds is 3. The Kier molecular flexibility index (Phi) is 3.67. The monoisotopic (exact) mass is 260 g/mol. The number of carbonyl (C=O) groups excluding carboxylic acids is 1. The van der Waals surface area contributed by atoms with Crippen molar-refractivity contribution < 1.29 is 4.79 Å². The van der Waals surface area contributed by atoms with Crippen molar-refractivity contribution in [3.63, 3.8) is 0 Å². The lowest BCUT2D eigenvalue weighted by Gasteiger charge is -2.12. The molecular weight excluding hydrogens is 244 g/mol. The number of anilines is 1. The number of nitrogens with one attached hydrogen (secondary N) is 1. The molecule has 0 fully saturated rings. The SMILES string of the molecule is Cc1cc(C(=O)N[C@@H](C)c2cccs2)ccc1N. The molecule has 0 spiro atoms. The number of nitrogen functional groups attached to an aromatic ring is 1. The molecule has 4 heteroatoms. The second-order valence-electron chi connectivity index (χ2n) is 4.28. The molecule has 0 radical (unpaired) electrons.